The monoisotopic (exact) mass is 577 g/mol. The molecule has 0 aliphatic heterocycles. The molecule has 1 amide bonds. The lowest BCUT2D eigenvalue weighted by Crippen LogP contribution is -2.28. The summed E-state index contributed by atoms with van der Waals surface area (Å²) in [6.45, 7) is 4.83. The third-order valence-electron chi connectivity index (χ3n) is 6.23. The summed E-state index contributed by atoms with van der Waals surface area (Å²) >= 11 is 5.94. The molecule has 4 rings (SSSR count). The minimum absolute atomic E-state index is 0.116. The van der Waals surface area contributed by atoms with Crippen molar-refractivity contribution in [3.8, 4) is 16.9 Å². The Kier molecular flexibility index (Phi) is 10.3. The maximum Gasteiger partial charge on any atom is 0.411 e. The van der Waals surface area contributed by atoms with E-state index in [1.807, 2.05) is 25.1 Å². The molecule has 0 fully saturated rings. The summed E-state index contributed by atoms with van der Waals surface area (Å²) in [4.78, 5) is 42.9. The highest BCUT2D eigenvalue weighted by molar-refractivity contribution is 6.30. The van der Waals surface area contributed by atoms with Crippen LogP contribution in [0.3, 0.4) is 0 Å². The summed E-state index contributed by atoms with van der Waals surface area (Å²) in [6.07, 6.45) is 3.07. The Morgan fingerprint density at radius 2 is 1.80 bits per heavy atom. The fourth-order valence-electron chi connectivity index (χ4n) is 4.34. The first-order valence-corrected chi connectivity index (χ1v) is 13.9. The Morgan fingerprint density at radius 1 is 0.976 bits per heavy atom. The number of unbranched alkanes of at least 4 members (excludes halogenated alkanes) is 1. The summed E-state index contributed by atoms with van der Waals surface area (Å²) in [5, 5.41) is 3.85. The first-order chi connectivity index (χ1) is 19.9. The number of benzene rings is 2. The minimum Gasteiger partial charge on any atom is -0.493 e. The first kappa shape index (κ1) is 29.6. The predicted molar refractivity (Wildman–Crippen MR) is 159 cm³/mol. The number of esters is 1. The topological polar surface area (TPSA) is 109 Å². The molecule has 0 aliphatic carbocycles. The standard InChI is InChI=1S/C31H32ClN3O6/c1-3-5-16-35-28-25(14-8-15-33-28)26(27(29(35)36)34-31(38)39-4-2)21-10-7-13-24(20-21)40-17-9-18-41-30(37)22-11-6-12-23(32)19-22/h6-8,10-15,19-20H,3-5,9,16-18H2,1-2H3,(H,34,38). The Morgan fingerprint density at radius 3 is 2.59 bits per heavy atom. The van der Waals surface area contributed by atoms with E-state index < -0.39 is 12.1 Å². The van der Waals surface area contributed by atoms with Gasteiger partial charge in [0.05, 0.1) is 25.4 Å². The number of carbonyl (C=O) groups is 2. The SMILES string of the molecule is CCCCn1c(=O)c(NC(=O)OCC)c(-c2cccc(OCCCOC(=O)c3cccc(Cl)c3)c2)c2cccnc21. The molecule has 0 aliphatic rings. The maximum absolute atomic E-state index is 13.7. The van der Waals surface area contributed by atoms with Gasteiger partial charge in [0.25, 0.3) is 5.56 Å². The molecular formula is C31H32ClN3O6. The number of hydrogen-bond acceptors (Lipinski definition) is 7. The molecule has 0 unspecified atom stereocenters. The van der Waals surface area contributed by atoms with Crippen LogP contribution in [0.15, 0.2) is 71.7 Å². The molecule has 9 nitrogen and oxygen atoms in total. The number of amides is 1. The summed E-state index contributed by atoms with van der Waals surface area (Å²) in [5.74, 6) is 0.100. The number of aryl methyl sites for hydroxylation is 1. The molecular weight excluding hydrogens is 546 g/mol. The highest BCUT2D eigenvalue weighted by atomic mass is 35.5. The van der Waals surface area contributed by atoms with Crippen molar-refractivity contribution in [3.05, 3.63) is 87.8 Å². The molecule has 2 aromatic carbocycles. The first-order valence-electron chi connectivity index (χ1n) is 13.5. The number of halogens is 1. The molecule has 0 saturated heterocycles. The van der Waals surface area contributed by atoms with Crippen molar-refractivity contribution in [3.63, 3.8) is 0 Å². The molecule has 10 heteroatoms. The fourth-order valence-corrected chi connectivity index (χ4v) is 4.53. The lowest BCUT2D eigenvalue weighted by atomic mass is 10.00. The molecule has 0 bridgehead atoms. The van der Waals surface area contributed by atoms with Crippen molar-refractivity contribution in [1.82, 2.24) is 9.55 Å². The van der Waals surface area contributed by atoms with E-state index in [9.17, 15) is 14.4 Å². The van der Waals surface area contributed by atoms with Crippen molar-refractivity contribution >= 4 is 40.4 Å². The van der Waals surface area contributed by atoms with E-state index in [1.54, 1.807) is 60.2 Å². The highest BCUT2D eigenvalue weighted by Crippen LogP contribution is 2.34. The van der Waals surface area contributed by atoms with E-state index in [2.05, 4.69) is 10.3 Å². The third-order valence-corrected chi connectivity index (χ3v) is 6.47. The van der Waals surface area contributed by atoms with E-state index in [1.165, 1.54) is 0 Å². The second-order valence-electron chi connectivity index (χ2n) is 9.16. The summed E-state index contributed by atoms with van der Waals surface area (Å²) in [7, 11) is 0. The van der Waals surface area contributed by atoms with Gasteiger partial charge in [0.2, 0.25) is 0 Å². The zero-order chi connectivity index (χ0) is 29.2. The number of nitrogens with one attached hydrogen (secondary N) is 1. The number of aromatic nitrogens is 2. The molecule has 2 aromatic heterocycles. The van der Waals surface area contributed by atoms with Crippen LogP contribution in [0.4, 0.5) is 10.5 Å². The van der Waals surface area contributed by atoms with Crippen molar-refractivity contribution in [1.29, 1.82) is 0 Å². The van der Waals surface area contributed by atoms with Crippen LogP contribution in [0, 0.1) is 0 Å². The van der Waals surface area contributed by atoms with Crippen LogP contribution in [0.5, 0.6) is 5.75 Å². The van der Waals surface area contributed by atoms with Gasteiger partial charge in [0.1, 0.15) is 17.1 Å². The molecule has 0 radical (unpaired) electrons. The van der Waals surface area contributed by atoms with E-state index >= 15 is 0 Å². The number of rotatable bonds is 12. The maximum atomic E-state index is 13.7. The zero-order valence-electron chi connectivity index (χ0n) is 23.0. The molecule has 0 spiro atoms. The Balaban J connectivity index is 1.57. The van der Waals surface area contributed by atoms with Crippen molar-refractivity contribution in [2.24, 2.45) is 0 Å². The smallest absolute Gasteiger partial charge is 0.411 e. The quantitative estimate of drug-likeness (QED) is 0.147. The van der Waals surface area contributed by atoms with Gasteiger partial charge in [-0.05, 0) is 61.4 Å². The van der Waals surface area contributed by atoms with Crippen LogP contribution in [-0.2, 0) is 16.0 Å². The van der Waals surface area contributed by atoms with Crippen LogP contribution in [-0.4, -0.2) is 41.4 Å². The Bertz CT molecular complexity index is 1590. The second kappa shape index (κ2) is 14.3. The zero-order valence-corrected chi connectivity index (χ0v) is 23.8. The van der Waals surface area contributed by atoms with Gasteiger partial charge < -0.3 is 14.2 Å². The van der Waals surface area contributed by atoms with Gasteiger partial charge in [0.15, 0.2) is 0 Å². The fraction of sp³-hybridized carbons (Fsp3) is 0.290. The third kappa shape index (κ3) is 7.43. The number of anilines is 1. The largest absolute Gasteiger partial charge is 0.493 e. The number of pyridine rings is 2. The van der Waals surface area contributed by atoms with E-state index in [0.29, 0.717) is 58.1 Å². The van der Waals surface area contributed by atoms with E-state index in [4.69, 9.17) is 25.8 Å². The number of hydrogen-bond donors (Lipinski definition) is 1. The van der Waals surface area contributed by atoms with Gasteiger partial charge in [-0.2, -0.15) is 0 Å². The van der Waals surface area contributed by atoms with Gasteiger partial charge in [0, 0.05) is 35.1 Å². The van der Waals surface area contributed by atoms with Gasteiger partial charge in [-0.15, -0.1) is 0 Å². The van der Waals surface area contributed by atoms with Crippen molar-refractivity contribution in [2.45, 2.75) is 39.7 Å². The number of nitrogens with zero attached hydrogens (tertiary/aromatic N) is 2. The molecule has 1 N–H and O–H groups in total. The summed E-state index contributed by atoms with van der Waals surface area (Å²) in [6, 6.07) is 17.5. The average Bonchev–Trinajstić information content (AvgIpc) is 2.97. The molecule has 0 saturated carbocycles. The molecule has 0 atom stereocenters. The average molecular weight is 578 g/mol. The van der Waals surface area contributed by atoms with Crippen LogP contribution >= 0.6 is 11.6 Å². The number of ether oxygens (including phenoxy) is 3. The van der Waals surface area contributed by atoms with Gasteiger partial charge >= 0.3 is 12.1 Å². The Labute approximate surface area is 243 Å². The second-order valence-corrected chi connectivity index (χ2v) is 9.59. The minimum atomic E-state index is -0.712. The summed E-state index contributed by atoms with van der Waals surface area (Å²) < 4.78 is 17.9. The van der Waals surface area contributed by atoms with Crippen LogP contribution in [0.1, 0.15) is 43.5 Å². The number of fused-ring (bicyclic) bond motifs is 1. The van der Waals surface area contributed by atoms with Crippen molar-refractivity contribution < 1.29 is 23.8 Å². The van der Waals surface area contributed by atoms with E-state index in [0.717, 1.165) is 12.8 Å². The van der Waals surface area contributed by atoms with E-state index in [-0.39, 0.29) is 24.5 Å². The normalized spacial score (nSPS) is 10.8. The lowest BCUT2D eigenvalue weighted by molar-refractivity contribution is 0.0486. The number of carbonyl (C=O) groups excluding carboxylic acids is 2. The molecule has 4 aromatic rings. The lowest BCUT2D eigenvalue weighted by Gasteiger charge is -2.18. The molecule has 214 valence electrons. The van der Waals surface area contributed by atoms with Gasteiger partial charge in [-0.1, -0.05) is 43.1 Å². The van der Waals surface area contributed by atoms with Crippen molar-refractivity contribution in [2.75, 3.05) is 25.1 Å². The van der Waals surface area contributed by atoms with Crippen LogP contribution in [0.25, 0.3) is 22.2 Å². The molecule has 41 heavy (non-hydrogen) atoms. The van der Waals surface area contributed by atoms with Crippen LogP contribution < -0.4 is 15.6 Å². The predicted octanol–water partition coefficient (Wildman–Crippen LogP) is 6.71. The highest BCUT2D eigenvalue weighted by Gasteiger charge is 2.21. The van der Waals surface area contributed by atoms with Crippen LogP contribution in [0.2, 0.25) is 5.02 Å². The summed E-state index contributed by atoms with van der Waals surface area (Å²) in [5.41, 5.74) is 1.87. The molecule has 2 heterocycles. The van der Waals surface area contributed by atoms with Gasteiger partial charge in [-0.25, -0.2) is 14.6 Å². The Hall–Kier alpha value is -4.37. The van der Waals surface area contributed by atoms with Gasteiger partial charge in [-0.3, -0.25) is 14.7 Å².